The van der Waals surface area contributed by atoms with E-state index in [2.05, 4.69) is 36.2 Å². The minimum absolute atomic E-state index is 0.173. The molecule has 7 N–H and O–H groups in total. The SMILES string of the molecule is Cc1nc(C(=O)N[C@H](C)CO)ccc1-c1ccc(C[C@H](N)C(=O)N(C(=O)C2CCC(CNC(=O)OC(C)(C)C)CC2)c2ccc(-c3nn[nH]n3)cc2)cc1.O=C(O)C(F)(F)F. The number of H-pyrrole nitrogens is 1. The summed E-state index contributed by atoms with van der Waals surface area (Å²) in [5.74, 6) is -3.80. The number of carboxylic acid groups (broad SMARTS) is 1. The third-order valence-corrected chi connectivity index (χ3v) is 9.55. The number of alkyl carbamates (subject to hydrolysis) is 1. The second-order valence-corrected chi connectivity index (χ2v) is 15.6. The van der Waals surface area contributed by atoms with Gasteiger partial charge in [0.2, 0.25) is 11.7 Å². The lowest BCUT2D eigenvalue weighted by atomic mass is 9.81. The van der Waals surface area contributed by atoms with Gasteiger partial charge in [-0.2, -0.15) is 18.4 Å². The highest BCUT2D eigenvalue weighted by molar-refractivity contribution is 6.17. The van der Waals surface area contributed by atoms with Gasteiger partial charge < -0.3 is 31.3 Å². The highest BCUT2D eigenvalue weighted by atomic mass is 19.4. The van der Waals surface area contributed by atoms with Crippen LogP contribution < -0.4 is 21.3 Å². The van der Waals surface area contributed by atoms with Crippen molar-refractivity contribution in [3.05, 3.63) is 77.6 Å². The molecule has 4 amide bonds. The zero-order chi connectivity index (χ0) is 45.1. The Morgan fingerprint density at radius 3 is 2.08 bits per heavy atom. The number of benzene rings is 2. The zero-order valence-corrected chi connectivity index (χ0v) is 34.3. The van der Waals surface area contributed by atoms with Crippen molar-refractivity contribution in [2.24, 2.45) is 17.6 Å². The van der Waals surface area contributed by atoms with Crippen molar-refractivity contribution in [3.63, 3.8) is 0 Å². The Morgan fingerprint density at radius 1 is 0.951 bits per heavy atom. The predicted octanol–water partition coefficient (Wildman–Crippen LogP) is 4.74. The molecular weight excluding hydrogens is 803 g/mol. The van der Waals surface area contributed by atoms with Gasteiger partial charge >= 0.3 is 18.2 Å². The molecule has 0 spiro atoms. The van der Waals surface area contributed by atoms with Crippen molar-refractivity contribution in [3.8, 4) is 22.5 Å². The van der Waals surface area contributed by atoms with Crippen molar-refractivity contribution in [2.75, 3.05) is 18.1 Å². The number of aromatic amines is 1. The number of aromatic nitrogens is 5. The van der Waals surface area contributed by atoms with E-state index < -0.39 is 41.7 Å². The summed E-state index contributed by atoms with van der Waals surface area (Å²) < 4.78 is 37.1. The quantitative estimate of drug-likeness (QED) is 0.113. The number of aryl methyl sites for hydroxylation is 1. The molecule has 4 aromatic rings. The number of ether oxygens (including phenoxy) is 1. The number of tetrazole rings is 1. The molecular formula is C41H50F3N9O8. The number of aliphatic hydroxyl groups is 1. The van der Waals surface area contributed by atoms with E-state index >= 15 is 0 Å². The zero-order valence-electron chi connectivity index (χ0n) is 34.3. The molecule has 2 heterocycles. The lowest BCUT2D eigenvalue weighted by molar-refractivity contribution is -0.192. The van der Waals surface area contributed by atoms with Crippen LogP contribution in [0.25, 0.3) is 22.5 Å². The lowest BCUT2D eigenvalue weighted by Crippen LogP contribution is -2.50. The van der Waals surface area contributed by atoms with Crippen molar-refractivity contribution in [1.82, 2.24) is 36.2 Å². The smallest absolute Gasteiger partial charge is 0.475 e. The molecule has 2 aromatic carbocycles. The van der Waals surface area contributed by atoms with Gasteiger partial charge in [0.15, 0.2) is 0 Å². The molecule has 2 atom stereocenters. The highest BCUT2D eigenvalue weighted by Gasteiger charge is 2.38. The van der Waals surface area contributed by atoms with E-state index in [4.69, 9.17) is 20.4 Å². The van der Waals surface area contributed by atoms with E-state index in [9.17, 15) is 37.5 Å². The van der Waals surface area contributed by atoms with Gasteiger partial charge in [0.25, 0.3) is 11.8 Å². The summed E-state index contributed by atoms with van der Waals surface area (Å²) >= 11 is 0. The van der Waals surface area contributed by atoms with Crippen molar-refractivity contribution >= 4 is 35.5 Å². The van der Waals surface area contributed by atoms with Crippen LogP contribution in [0, 0.1) is 18.8 Å². The molecule has 5 rings (SSSR count). The molecule has 17 nitrogen and oxygen atoms in total. The Morgan fingerprint density at radius 2 is 1.56 bits per heavy atom. The normalized spacial score (nSPS) is 16.2. The second-order valence-electron chi connectivity index (χ2n) is 15.6. The largest absolute Gasteiger partial charge is 0.490 e. The van der Waals surface area contributed by atoms with E-state index in [0.29, 0.717) is 55.0 Å². The standard InChI is InChI=1S/C39H49N9O6.C2HF3O2/c1-23(22-49)42-35(50)33-19-18-31(24(2)43-33)27-10-6-25(7-11-27)20-32(40)37(52)48(30-16-14-28(15-17-30)34-44-46-47-45-34)36(51)29-12-8-26(9-13-29)21-41-38(53)54-39(3,4)5;3-2(4,5)1(6)7/h6-7,10-11,14-19,23,26,29,32,49H,8-9,12-13,20-22,40H2,1-5H3,(H,41,53)(H,42,50)(H,44,45,46,47);(H,6,7)/t23-,26?,29?,32+;/m1./s1. The molecule has 1 saturated carbocycles. The number of anilines is 1. The van der Waals surface area contributed by atoms with E-state index in [1.165, 1.54) is 4.90 Å². The number of aliphatic carboxylic acids is 1. The Hall–Kier alpha value is -6.28. The maximum absolute atomic E-state index is 14.2. The second kappa shape index (κ2) is 20.8. The number of carbonyl (C=O) groups excluding carboxylic acids is 4. The van der Waals surface area contributed by atoms with Gasteiger partial charge in [-0.05, 0) is 119 Å². The molecule has 0 bridgehead atoms. The fraction of sp³-hybridized carbons (Fsp3) is 0.439. The van der Waals surface area contributed by atoms with Gasteiger partial charge in [-0.3, -0.25) is 14.4 Å². The van der Waals surface area contributed by atoms with E-state index in [1.807, 2.05) is 58.0 Å². The maximum atomic E-state index is 14.2. The third-order valence-electron chi connectivity index (χ3n) is 9.55. The number of carbonyl (C=O) groups is 5. The summed E-state index contributed by atoms with van der Waals surface area (Å²) in [5.41, 5.74) is 10.5. The number of nitrogens with two attached hydrogens (primary N) is 1. The van der Waals surface area contributed by atoms with Crippen LogP contribution in [0.15, 0.2) is 60.7 Å². The number of alkyl halides is 3. The molecule has 1 aliphatic carbocycles. The number of nitrogens with one attached hydrogen (secondary N) is 3. The average Bonchev–Trinajstić information content (AvgIpc) is 3.75. The molecule has 0 aliphatic heterocycles. The Labute approximate surface area is 349 Å². The molecule has 61 heavy (non-hydrogen) atoms. The molecule has 20 heteroatoms. The number of aliphatic hydroxyl groups excluding tert-OH is 1. The monoisotopic (exact) mass is 853 g/mol. The number of hydrogen-bond acceptors (Lipinski definition) is 12. The molecule has 328 valence electrons. The number of nitrogens with zero attached hydrogens (tertiary/aromatic N) is 5. The van der Waals surface area contributed by atoms with Gasteiger partial charge in [-0.25, -0.2) is 19.5 Å². The van der Waals surface area contributed by atoms with Gasteiger partial charge in [0, 0.05) is 35.3 Å². The van der Waals surface area contributed by atoms with Crippen LogP contribution in [0.3, 0.4) is 0 Å². The van der Waals surface area contributed by atoms with E-state index in [-0.39, 0.29) is 42.5 Å². The maximum Gasteiger partial charge on any atom is 0.490 e. The predicted molar refractivity (Wildman–Crippen MR) is 216 cm³/mol. The first-order chi connectivity index (χ1) is 28.7. The van der Waals surface area contributed by atoms with Crippen LogP contribution in [-0.2, 0) is 25.5 Å². The number of pyridine rings is 1. The molecule has 1 aliphatic rings. The van der Waals surface area contributed by atoms with Crippen LogP contribution in [0.2, 0.25) is 0 Å². The molecule has 1 fully saturated rings. The molecule has 0 saturated heterocycles. The topological polar surface area (TPSA) is 256 Å². The number of hydrogen-bond donors (Lipinski definition) is 6. The Balaban J connectivity index is 0.00000107. The highest BCUT2D eigenvalue weighted by Crippen LogP contribution is 2.32. The Kier molecular flexibility index (Phi) is 16.2. The number of imide groups is 1. The summed E-state index contributed by atoms with van der Waals surface area (Å²) in [5, 5.41) is 35.9. The molecule has 0 unspecified atom stereocenters. The van der Waals surface area contributed by atoms with Crippen LogP contribution in [0.4, 0.5) is 23.7 Å². The lowest BCUT2D eigenvalue weighted by Gasteiger charge is -2.32. The summed E-state index contributed by atoms with van der Waals surface area (Å²) in [6.07, 6.45) is -2.84. The van der Waals surface area contributed by atoms with Crippen LogP contribution in [-0.4, -0.2) is 103 Å². The first-order valence-electron chi connectivity index (χ1n) is 19.4. The molecule has 0 radical (unpaired) electrons. The number of halogens is 3. The summed E-state index contributed by atoms with van der Waals surface area (Å²) in [6.45, 7) is 9.22. The number of rotatable bonds is 12. The average molecular weight is 854 g/mol. The van der Waals surface area contributed by atoms with Gasteiger partial charge in [-0.15, -0.1) is 10.2 Å². The van der Waals surface area contributed by atoms with Crippen LogP contribution in [0.1, 0.15) is 75.1 Å². The number of amides is 4. The third kappa shape index (κ3) is 13.9. The summed E-state index contributed by atoms with van der Waals surface area (Å²) in [6, 6.07) is 16.4. The first kappa shape index (κ1) is 47.4. The van der Waals surface area contributed by atoms with E-state index in [0.717, 1.165) is 16.7 Å². The summed E-state index contributed by atoms with van der Waals surface area (Å²) in [4.78, 5) is 67.5. The fourth-order valence-corrected chi connectivity index (χ4v) is 6.41. The van der Waals surface area contributed by atoms with E-state index in [1.54, 1.807) is 37.3 Å². The summed E-state index contributed by atoms with van der Waals surface area (Å²) in [7, 11) is 0. The van der Waals surface area contributed by atoms with Gasteiger partial charge in [0.1, 0.15) is 11.3 Å². The number of carboxylic acids is 1. The van der Waals surface area contributed by atoms with Gasteiger partial charge in [0.05, 0.1) is 18.3 Å². The minimum atomic E-state index is -5.08. The van der Waals surface area contributed by atoms with Crippen molar-refractivity contribution in [1.29, 1.82) is 0 Å². The van der Waals surface area contributed by atoms with Gasteiger partial charge in [-0.1, -0.05) is 30.3 Å². The van der Waals surface area contributed by atoms with Crippen LogP contribution >= 0.6 is 0 Å². The Bertz CT molecular complexity index is 2120. The minimum Gasteiger partial charge on any atom is -0.475 e. The fourth-order valence-electron chi connectivity index (χ4n) is 6.41. The van der Waals surface area contributed by atoms with Crippen LogP contribution in [0.5, 0.6) is 0 Å². The van der Waals surface area contributed by atoms with Crippen molar-refractivity contribution in [2.45, 2.75) is 90.6 Å². The van der Waals surface area contributed by atoms with Crippen molar-refractivity contribution < 1.29 is 52.1 Å². The molecule has 2 aromatic heterocycles. The first-order valence-corrected chi connectivity index (χ1v) is 19.4.